The van der Waals surface area contributed by atoms with Crippen molar-refractivity contribution in [1.29, 1.82) is 0 Å². The highest BCUT2D eigenvalue weighted by molar-refractivity contribution is 5.98. The molecular weight excluding hydrogens is 372 g/mol. The monoisotopic (exact) mass is 396 g/mol. The van der Waals surface area contributed by atoms with Crippen molar-refractivity contribution in [2.75, 3.05) is 26.7 Å². The first-order valence-corrected chi connectivity index (χ1v) is 9.82. The maximum atomic E-state index is 13.2. The van der Waals surface area contributed by atoms with Gasteiger partial charge in [-0.2, -0.15) is 0 Å². The number of aromatic nitrogens is 2. The van der Waals surface area contributed by atoms with Gasteiger partial charge < -0.3 is 19.3 Å². The van der Waals surface area contributed by atoms with Crippen LogP contribution in [0.1, 0.15) is 29.6 Å². The van der Waals surface area contributed by atoms with E-state index in [0.29, 0.717) is 30.2 Å². The second-order valence-electron chi connectivity index (χ2n) is 7.26. The molecule has 2 aliphatic rings. The summed E-state index contributed by atoms with van der Waals surface area (Å²) >= 11 is 0. The molecule has 2 atom stereocenters. The smallest absolute Gasteiger partial charge is 0.256 e. The minimum Gasteiger partial charge on any atom is -0.487 e. The molecule has 8 heteroatoms. The molecule has 0 bridgehead atoms. The van der Waals surface area contributed by atoms with Gasteiger partial charge in [-0.25, -0.2) is 4.98 Å². The zero-order valence-corrected chi connectivity index (χ0v) is 16.4. The lowest BCUT2D eigenvalue weighted by atomic mass is 10.1. The molecule has 2 saturated heterocycles. The Kier molecular flexibility index (Phi) is 5.59. The van der Waals surface area contributed by atoms with E-state index in [1.807, 2.05) is 11.0 Å². The van der Waals surface area contributed by atoms with Gasteiger partial charge in [-0.15, -0.1) is 0 Å². The van der Waals surface area contributed by atoms with Crippen molar-refractivity contribution in [3.05, 3.63) is 48.4 Å². The normalized spacial score (nSPS) is 21.3. The van der Waals surface area contributed by atoms with Crippen LogP contribution in [0.15, 0.2) is 42.9 Å². The van der Waals surface area contributed by atoms with Crippen LogP contribution in [0, 0.1) is 0 Å². The van der Waals surface area contributed by atoms with Crippen LogP contribution >= 0.6 is 0 Å². The van der Waals surface area contributed by atoms with Crippen molar-refractivity contribution in [3.8, 4) is 11.6 Å². The summed E-state index contributed by atoms with van der Waals surface area (Å²) in [6.07, 6.45) is 6.98. The van der Waals surface area contributed by atoms with Gasteiger partial charge >= 0.3 is 0 Å². The first-order valence-electron chi connectivity index (χ1n) is 9.82. The summed E-state index contributed by atoms with van der Waals surface area (Å²) in [6.45, 7) is 1.83. The largest absolute Gasteiger partial charge is 0.487 e. The topological polar surface area (TPSA) is 84.9 Å². The summed E-state index contributed by atoms with van der Waals surface area (Å²) < 4.78 is 11.1. The van der Waals surface area contributed by atoms with Crippen LogP contribution in [0.5, 0.6) is 11.6 Å². The molecule has 0 aromatic carbocycles. The molecule has 4 rings (SSSR count). The highest BCUT2D eigenvalue weighted by atomic mass is 16.5. The Morgan fingerprint density at radius 1 is 1.14 bits per heavy atom. The SMILES string of the molecule is COc1ccc(C(=O)N2C[C@@H](Oc3cccnc3)C[C@H]2C(=O)N2CCCC2)cn1. The van der Waals surface area contributed by atoms with E-state index in [-0.39, 0.29) is 17.9 Å². The first-order chi connectivity index (χ1) is 14.2. The average molecular weight is 396 g/mol. The zero-order chi connectivity index (χ0) is 20.2. The van der Waals surface area contributed by atoms with Crippen LogP contribution in [0.2, 0.25) is 0 Å². The van der Waals surface area contributed by atoms with Crippen LogP contribution in [0.4, 0.5) is 0 Å². The molecule has 2 amide bonds. The summed E-state index contributed by atoms with van der Waals surface area (Å²) in [7, 11) is 1.52. The fraction of sp³-hybridized carbons (Fsp3) is 0.429. The molecule has 2 aliphatic heterocycles. The van der Waals surface area contributed by atoms with Crippen molar-refractivity contribution < 1.29 is 19.1 Å². The number of hydrogen-bond donors (Lipinski definition) is 0. The van der Waals surface area contributed by atoms with E-state index in [2.05, 4.69) is 9.97 Å². The number of rotatable bonds is 5. The van der Waals surface area contributed by atoms with Crippen molar-refractivity contribution in [2.24, 2.45) is 0 Å². The number of hydrogen-bond acceptors (Lipinski definition) is 6. The van der Waals surface area contributed by atoms with E-state index in [0.717, 1.165) is 25.9 Å². The van der Waals surface area contributed by atoms with Gasteiger partial charge in [0.05, 0.1) is 25.4 Å². The quantitative estimate of drug-likeness (QED) is 0.766. The van der Waals surface area contributed by atoms with Crippen LogP contribution < -0.4 is 9.47 Å². The van der Waals surface area contributed by atoms with Crippen LogP contribution in [-0.4, -0.2) is 70.5 Å². The molecular formula is C21H24N4O4. The second kappa shape index (κ2) is 8.46. The Labute approximate surface area is 169 Å². The molecule has 2 aromatic rings. The van der Waals surface area contributed by atoms with Gasteiger partial charge in [0.25, 0.3) is 5.91 Å². The number of amides is 2. The third-order valence-electron chi connectivity index (χ3n) is 5.36. The standard InChI is InChI=1S/C21H24N4O4/c1-28-19-7-6-15(12-23-19)20(26)25-14-17(29-16-5-4-8-22-13-16)11-18(25)21(27)24-9-2-3-10-24/h4-8,12-13,17-18H,2-3,9-11,14H2,1H3/t17-,18-/m0/s1. The number of carbonyl (C=O) groups excluding carboxylic acids is 2. The lowest BCUT2D eigenvalue weighted by molar-refractivity contribution is -0.134. The van der Waals surface area contributed by atoms with Crippen LogP contribution in [0.3, 0.4) is 0 Å². The van der Waals surface area contributed by atoms with E-state index in [4.69, 9.17) is 9.47 Å². The molecule has 4 heterocycles. The Balaban J connectivity index is 1.55. The molecule has 0 saturated carbocycles. The lowest BCUT2D eigenvalue weighted by Gasteiger charge is -2.27. The number of likely N-dealkylation sites (tertiary alicyclic amines) is 2. The fourth-order valence-electron chi connectivity index (χ4n) is 3.89. The summed E-state index contributed by atoms with van der Waals surface area (Å²) in [5.41, 5.74) is 0.423. The lowest BCUT2D eigenvalue weighted by Crippen LogP contribution is -2.47. The summed E-state index contributed by atoms with van der Waals surface area (Å²) in [4.78, 5) is 37.9. The fourth-order valence-corrected chi connectivity index (χ4v) is 3.89. The molecule has 0 spiro atoms. The molecule has 0 radical (unpaired) electrons. The maximum absolute atomic E-state index is 13.2. The van der Waals surface area contributed by atoms with Gasteiger partial charge in [0, 0.05) is 38.0 Å². The minimum atomic E-state index is -0.538. The van der Waals surface area contributed by atoms with E-state index < -0.39 is 6.04 Å². The first kappa shape index (κ1) is 19.2. The molecule has 152 valence electrons. The van der Waals surface area contributed by atoms with Gasteiger partial charge in [0.15, 0.2) is 0 Å². The Hall–Kier alpha value is -3.16. The van der Waals surface area contributed by atoms with Gasteiger partial charge in [-0.3, -0.25) is 14.6 Å². The average Bonchev–Trinajstić information content (AvgIpc) is 3.44. The summed E-state index contributed by atoms with van der Waals surface area (Å²) in [5, 5.41) is 0. The number of carbonyl (C=O) groups is 2. The number of ether oxygens (including phenoxy) is 2. The summed E-state index contributed by atoms with van der Waals surface area (Å²) in [6, 6.07) is 6.39. The summed E-state index contributed by atoms with van der Waals surface area (Å²) in [5.74, 6) is 0.834. The van der Waals surface area contributed by atoms with Crippen LogP contribution in [-0.2, 0) is 4.79 Å². The van der Waals surface area contributed by atoms with Crippen molar-refractivity contribution >= 4 is 11.8 Å². The van der Waals surface area contributed by atoms with Gasteiger partial charge in [-0.1, -0.05) is 0 Å². The van der Waals surface area contributed by atoms with Gasteiger partial charge in [-0.05, 0) is 31.0 Å². The molecule has 2 fully saturated rings. The minimum absolute atomic E-state index is 0.00499. The molecule has 2 aromatic heterocycles. The van der Waals surface area contributed by atoms with Gasteiger partial charge in [0.1, 0.15) is 17.9 Å². The Bertz CT molecular complexity index is 853. The molecule has 0 unspecified atom stereocenters. The zero-order valence-electron chi connectivity index (χ0n) is 16.4. The van der Waals surface area contributed by atoms with E-state index >= 15 is 0 Å². The second-order valence-corrected chi connectivity index (χ2v) is 7.26. The number of methoxy groups -OCH3 is 1. The number of nitrogens with zero attached hydrogens (tertiary/aromatic N) is 4. The molecule has 0 N–H and O–H groups in total. The van der Waals surface area contributed by atoms with Gasteiger partial charge in [0.2, 0.25) is 11.8 Å². The third kappa shape index (κ3) is 4.16. The van der Waals surface area contributed by atoms with E-state index in [9.17, 15) is 9.59 Å². The highest BCUT2D eigenvalue weighted by Gasteiger charge is 2.43. The maximum Gasteiger partial charge on any atom is 0.256 e. The van der Waals surface area contributed by atoms with Crippen LogP contribution in [0.25, 0.3) is 0 Å². The Morgan fingerprint density at radius 3 is 2.62 bits per heavy atom. The highest BCUT2D eigenvalue weighted by Crippen LogP contribution is 2.27. The predicted octanol–water partition coefficient (Wildman–Crippen LogP) is 1.77. The number of pyridine rings is 2. The molecule has 0 aliphatic carbocycles. The Morgan fingerprint density at radius 2 is 1.97 bits per heavy atom. The van der Waals surface area contributed by atoms with Crippen molar-refractivity contribution in [3.63, 3.8) is 0 Å². The molecule has 8 nitrogen and oxygen atoms in total. The van der Waals surface area contributed by atoms with E-state index in [1.54, 1.807) is 35.5 Å². The predicted molar refractivity (Wildman–Crippen MR) is 105 cm³/mol. The van der Waals surface area contributed by atoms with E-state index in [1.165, 1.54) is 13.3 Å². The molecule has 29 heavy (non-hydrogen) atoms. The van der Waals surface area contributed by atoms with Crippen molar-refractivity contribution in [1.82, 2.24) is 19.8 Å². The third-order valence-corrected chi connectivity index (χ3v) is 5.36. The van der Waals surface area contributed by atoms with Crippen molar-refractivity contribution in [2.45, 2.75) is 31.4 Å².